The average Bonchev–Trinajstić information content (AvgIpc) is 2.49. The molecule has 0 aliphatic heterocycles. The molecule has 19 heavy (non-hydrogen) atoms. The summed E-state index contributed by atoms with van der Waals surface area (Å²) in [6.07, 6.45) is 10.8. The Balaban J connectivity index is 1.98. The molecule has 2 rings (SSSR count). The lowest BCUT2D eigenvalue weighted by molar-refractivity contribution is 0.498. The van der Waals surface area contributed by atoms with Gasteiger partial charge in [-0.3, -0.25) is 9.97 Å². The van der Waals surface area contributed by atoms with E-state index in [9.17, 15) is 0 Å². The molecule has 0 saturated heterocycles. The van der Waals surface area contributed by atoms with E-state index in [4.69, 9.17) is 0 Å². The summed E-state index contributed by atoms with van der Waals surface area (Å²) < 4.78 is 0. The Hall–Kier alpha value is -1.74. The van der Waals surface area contributed by atoms with Gasteiger partial charge in [0, 0.05) is 30.8 Å². The molecule has 0 aromatic carbocycles. The van der Waals surface area contributed by atoms with Crippen LogP contribution in [0, 0.1) is 0 Å². The molecule has 0 fully saturated rings. The van der Waals surface area contributed by atoms with Gasteiger partial charge >= 0.3 is 0 Å². The van der Waals surface area contributed by atoms with Crippen molar-refractivity contribution >= 4 is 0 Å². The third-order valence-corrected chi connectivity index (χ3v) is 3.20. The summed E-state index contributed by atoms with van der Waals surface area (Å²) in [4.78, 5) is 8.27. The van der Waals surface area contributed by atoms with E-state index < -0.39 is 0 Å². The fraction of sp³-hybridized carbons (Fsp3) is 0.375. The minimum Gasteiger partial charge on any atom is -0.310 e. The summed E-state index contributed by atoms with van der Waals surface area (Å²) in [7, 11) is 0. The number of nitrogens with zero attached hydrogens (tertiary/aromatic N) is 2. The van der Waals surface area contributed by atoms with Crippen molar-refractivity contribution < 1.29 is 0 Å². The van der Waals surface area contributed by atoms with E-state index >= 15 is 0 Å². The van der Waals surface area contributed by atoms with Crippen LogP contribution >= 0.6 is 0 Å². The van der Waals surface area contributed by atoms with E-state index in [0.717, 1.165) is 25.8 Å². The number of rotatable bonds is 7. The van der Waals surface area contributed by atoms with Crippen molar-refractivity contribution in [2.45, 2.75) is 32.2 Å². The van der Waals surface area contributed by atoms with Crippen LogP contribution in [0.2, 0.25) is 0 Å². The third-order valence-electron chi connectivity index (χ3n) is 3.20. The molecular formula is C16H21N3. The van der Waals surface area contributed by atoms with E-state index in [1.165, 1.54) is 11.1 Å². The van der Waals surface area contributed by atoms with Crippen molar-refractivity contribution in [1.29, 1.82) is 0 Å². The second-order valence-electron chi connectivity index (χ2n) is 4.69. The normalized spacial score (nSPS) is 12.3. The first kappa shape index (κ1) is 13.7. The molecule has 3 heteroatoms. The smallest absolute Gasteiger partial charge is 0.0338 e. The first-order valence-electron chi connectivity index (χ1n) is 6.92. The van der Waals surface area contributed by atoms with Gasteiger partial charge in [0.05, 0.1) is 0 Å². The highest BCUT2D eigenvalue weighted by Crippen LogP contribution is 2.18. The topological polar surface area (TPSA) is 37.8 Å². The molecule has 0 spiro atoms. The first-order valence-corrected chi connectivity index (χ1v) is 6.92. The van der Waals surface area contributed by atoms with Gasteiger partial charge < -0.3 is 5.32 Å². The second-order valence-corrected chi connectivity index (χ2v) is 4.69. The van der Waals surface area contributed by atoms with Crippen LogP contribution in [-0.2, 0) is 6.42 Å². The largest absolute Gasteiger partial charge is 0.310 e. The van der Waals surface area contributed by atoms with E-state index in [2.05, 4.69) is 40.4 Å². The zero-order chi connectivity index (χ0) is 13.3. The van der Waals surface area contributed by atoms with Gasteiger partial charge in [0.15, 0.2) is 0 Å². The van der Waals surface area contributed by atoms with Crippen LogP contribution in [0.4, 0.5) is 0 Å². The van der Waals surface area contributed by atoms with Gasteiger partial charge in [0.2, 0.25) is 0 Å². The summed E-state index contributed by atoms with van der Waals surface area (Å²) in [6, 6.07) is 8.69. The first-order chi connectivity index (χ1) is 9.40. The standard InChI is InChI=1S/C16H21N3/c1-2-9-19-16(15-4-3-10-18-13-15)6-5-14-7-11-17-12-8-14/h3-4,7-8,10-13,16,19H,2,5-6,9H2,1H3. The number of hydrogen-bond acceptors (Lipinski definition) is 3. The van der Waals surface area contributed by atoms with Gasteiger partial charge in [-0.1, -0.05) is 13.0 Å². The molecule has 2 aromatic heterocycles. The molecular weight excluding hydrogens is 234 g/mol. The van der Waals surface area contributed by atoms with E-state index in [0.29, 0.717) is 6.04 Å². The fourth-order valence-electron chi connectivity index (χ4n) is 2.15. The Morgan fingerprint density at radius 3 is 2.63 bits per heavy atom. The summed E-state index contributed by atoms with van der Waals surface area (Å²) in [5, 5.41) is 3.60. The maximum Gasteiger partial charge on any atom is 0.0338 e. The fourth-order valence-corrected chi connectivity index (χ4v) is 2.15. The zero-order valence-corrected chi connectivity index (χ0v) is 11.4. The number of nitrogens with one attached hydrogen (secondary N) is 1. The maximum atomic E-state index is 4.22. The van der Waals surface area contributed by atoms with Crippen LogP contribution in [0.3, 0.4) is 0 Å². The number of hydrogen-bond donors (Lipinski definition) is 1. The summed E-state index contributed by atoms with van der Waals surface area (Å²) in [5.74, 6) is 0. The van der Waals surface area contributed by atoms with E-state index in [-0.39, 0.29) is 0 Å². The Labute approximate surface area is 115 Å². The van der Waals surface area contributed by atoms with Gasteiger partial charge in [-0.25, -0.2) is 0 Å². The minimum absolute atomic E-state index is 0.377. The molecule has 2 heterocycles. The molecule has 0 aliphatic carbocycles. The lowest BCUT2D eigenvalue weighted by atomic mass is 10.0. The molecule has 1 unspecified atom stereocenters. The molecule has 0 aliphatic rings. The van der Waals surface area contributed by atoms with Crippen LogP contribution in [0.15, 0.2) is 49.1 Å². The van der Waals surface area contributed by atoms with Crippen LogP contribution in [0.25, 0.3) is 0 Å². The summed E-state index contributed by atoms with van der Waals surface area (Å²) >= 11 is 0. The van der Waals surface area contributed by atoms with Gasteiger partial charge in [-0.15, -0.1) is 0 Å². The minimum atomic E-state index is 0.377. The lowest BCUT2D eigenvalue weighted by Crippen LogP contribution is -2.22. The number of pyridine rings is 2. The lowest BCUT2D eigenvalue weighted by Gasteiger charge is -2.18. The van der Waals surface area contributed by atoms with Crippen molar-refractivity contribution in [3.8, 4) is 0 Å². The van der Waals surface area contributed by atoms with E-state index in [1.54, 1.807) is 0 Å². The summed E-state index contributed by atoms with van der Waals surface area (Å²) in [6.45, 7) is 3.23. The monoisotopic (exact) mass is 255 g/mol. The van der Waals surface area contributed by atoms with Crippen molar-refractivity contribution in [1.82, 2.24) is 15.3 Å². The highest BCUT2D eigenvalue weighted by molar-refractivity contribution is 5.16. The molecule has 100 valence electrons. The number of aromatic nitrogens is 2. The van der Waals surface area contributed by atoms with Crippen molar-refractivity contribution in [2.24, 2.45) is 0 Å². The predicted molar refractivity (Wildman–Crippen MR) is 77.8 cm³/mol. The predicted octanol–water partition coefficient (Wildman–Crippen LogP) is 3.15. The molecule has 0 saturated carbocycles. The van der Waals surface area contributed by atoms with Crippen LogP contribution < -0.4 is 5.32 Å². The quantitative estimate of drug-likeness (QED) is 0.826. The number of aryl methyl sites for hydroxylation is 1. The highest BCUT2D eigenvalue weighted by atomic mass is 14.9. The van der Waals surface area contributed by atoms with Gasteiger partial charge in [-0.2, -0.15) is 0 Å². The summed E-state index contributed by atoms with van der Waals surface area (Å²) in [5.41, 5.74) is 2.60. The second kappa shape index (κ2) is 7.64. The maximum absolute atomic E-state index is 4.22. The molecule has 3 nitrogen and oxygen atoms in total. The molecule has 0 radical (unpaired) electrons. The average molecular weight is 255 g/mol. The Bertz CT molecular complexity index is 456. The Kier molecular flexibility index (Phi) is 5.50. The zero-order valence-electron chi connectivity index (χ0n) is 11.4. The highest BCUT2D eigenvalue weighted by Gasteiger charge is 2.10. The molecule has 0 amide bonds. The SMILES string of the molecule is CCCNC(CCc1ccncc1)c1cccnc1. The van der Waals surface area contributed by atoms with Gasteiger partial charge in [-0.05, 0) is 55.1 Å². The molecule has 2 aromatic rings. The molecule has 1 atom stereocenters. The third kappa shape index (κ3) is 4.45. The van der Waals surface area contributed by atoms with Crippen molar-refractivity contribution in [3.63, 3.8) is 0 Å². The molecule has 0 bridgehead atoms. The van der Waals surface area contributed by atoms with Crippen LogP contribution in [0.5, 0.6) is 0 Å². The van der Waals surface area contributed by atoms with Crippen molar-refractivity contribution in [3.05, 3.63) is 60.2 Å². The molecule has 1 N–H and O–H groups in total. The van der Waals surface area contributed by atoms with Crippen LogP contribution in [-0.4, -0.2) is 16.5 Å². The van der Waals surface area contributed by atoms with E-state index in [1.807, 2.05) is 30.9 Å². The Morgan fingerprint density at radius 2 is 1.95 bits per heavy atom. The Morgan fingerprint density at radius 1 is 1.11 bits per heavy atom. The van der Waals surface area contributed by atoms with Crippen molar-refractivity contribution in [2.75, 3.05) is 6.54 Å². The van der Waals surface area contributed by atoms with Gasteiger partial charge in [0.1, 0.15) is 0 Å². The van der Waals surface area contributed by atoms with Gasteiger partial charge in [0.25, 0.3) is 0 Å². The van der Waals surface area contributed by atoms with Crippen LogP contribution in [0.1, 0.15) is 36.9 Å².